The van der Waals surface area contributed by atoms with Crippen LogP contribution in [-0.4, -0.2) is 26.6 Å². The SMILES string of the molecule is CNc1cnc2ccc(-c3c[nH]nc3-c3ccc(F)cc3)cn12. The van der Waals surface area contributed by atoms with Crippen LogP contribution in [0.2, 0.25) is 0 Å². The molecule has 4 aromatic rings. The molecule has 0 bridgehead atoms. The highest BCUT2D eigenvalue weighted by Crippen LogP contribution is 2.30. The van der Waals surface area contributed by atoms with Gasteiger partial charge in [0.2, 0.25) is 0 Å². The number of benzene rings is 1. The molecule has 0 aliphatic carbocycles. The summed E-state index contributed by atoms with van der Waals surface area (Å²) in [7, 11) is 1.86. The van der Waals surface area contributed by atoms with E-state index >= 15 is 0 Å². The summed E-state index contributed by atoms with van der Waals surface area (Å²) in [6.07, 6.45) is 5.64. The van der Waals surface area contributed by atoms with Crippen molar-refractivity contribution in [3.63, 3.8) is 0 Å². The molecule has 0 spiro atoms. The number of aromatic amines is 1. The highest BCUT2D eigenvalue weighted by Gasteiger charge is 2.12. The lowest BCUT2D eigenvalue weighted by Gasteiger charge is -2.06. The van der Waals surface area contributed by atoms with Gasteiger partial charge in [-0.05, 0) is 36.4 Å². The van der Waals surface area contributed by atoms with Crippen LogP contribution in [-0.2, 0) is 0 Å². The van der Waals surface area contributed by atoms with Crippen molar-refractivity contribution in [3.8, 4) is 22.4 Å². The predicted molar refractivity (Wildman–Crippen MR) is 87.7 cm³/mol. The van der Waals surface area contributed by atoms with E-state index in [0.29, 0.717) is 0 Å². The lowest BCUT2D eigenvalue weighted by Crippen LogP contribution is -1.94. The molecular weight excluding hydrogens is 293 g/mol. The number of pyridine rings is 1. The van der Waals surface area contributed by atoms with Crippen LogP contribution in [0.15, 0.2) is 55.0 Å². The Hall–Kier alpha value is -3.15. The van der Waals surface area contributed by atoms with Crippen molar-refractivity contribution in [2.45, 2.75) is 0 Å². The maximum Gasteiger partial charge on any atom is 0.138 e. The molecule has 0 saturated carbocycles. The molecule has 3 aromatic heterocycles. The number of hydrogen-bond donors (Lipinski definition) is 2. The second-order valence-electron chi connectivity index (χ2n) is 5.19. The van der Waals surface area contributed by atoms with Gasteiger partial charge in [-0.1, -0.05) is 0 Å². The van der Waals surface area contributed by atoms with Gasteiger partial charge < -0.3 is 5.32 Å². The average molecular weight is 307 g/mol. The van der Waals surface area contributed by atoms with Crippen LogP contribution in [0.3, 0.4) is 0 Å². The first-order valence-electron chi connectivity index (χ1n) is 7.21. The van der Waals surface area contributed by atoms with Crippen LogP contribution in [0.1, 0.15) is 0 Å². The van der Waals surface area contributed by atoms with Gasteiger partial charge in [0.05, 0.1) is 11.9 Å². The van der Waals surface area contributed by atoms with Gasteiger partial charge in [-0.15, -0.1) is 0 Å². The fourth-order valence-electron chi connectivity index (χ4n) is 2.66. The number of H-pyrrole nitrogens is 1. The normalized spacial score (nSPS) is 11.0. The Labute approximate surface area is 131 Å². The number of hydrogen-bond acceptors (Lipinski definition) is 3. The molecule has 3 heterocycles. The zero-order valence-electron chi connectivity index (χ0n) is 12.4. The third-order valence-corrected chi connectivity index (χ3v) is 3.83. The maximum absolute atomic E-state index is 13.1. The summed E-state index contributed by atoms with van der Waals surface area (Å²) in [5.74, 6) is 0.651. The Morgan fingerprint density at radius 1 is 1.09 bits per heavy atom. The molecule has 114 valence electrons. The highest BCUT2D eigenvalue weighted by molar-refractivity contribution is 5.80. The molecule has 4 rings (SSSR count). The van der Waals surface area contributed by atoms with Gasteiger partial charge in [-0.2, -0.15) is 5.10 Å². The van der Waals surface area contributed by atoms with E-state index in [1.807, 2.05) is 36.0 Å². The van der Waals surface area contributed by atoms with Gasteiger partial charge in [0, 0.05) is 36.1 Å². The zero-order chi connectivity index (χ0) is 15.8. The van der Waals surface area contributed by atoms with Crippen LogP contribution in [0.25, 0.3) is 28.0 Å². The summed E-state index contributed by atoms with van der Waals surface area (Å²) in [6.45, 7) is 0. The van der Waals surface area contributed by atoms with Crippen LogP contribution >= 0.6 is 0 Å². The fraction of sp³-hybridized carbons (Fsp3) is 0.0588. The van der Waals surface area contributed by atoms with Crippen molar-refractivity contribution < 1.29 is 4.39 Å². The largest absolute Gasteiger partial charge is 0.373 e. The molecule has 1 aromatic carbocycles. The van der Waals surface area contributed by atoms with Crippen LogP contribution in [0.5, 0.6) is 0 Å². The highest BCUT2D eigenvalue weighted by atomic mass is 19.1. The number of fused-ring (bicyclic) bond motifs is 1. The van der Waals surface area contributed by atoms with E-state index < -0.39 is 0 Å². The molecule has 0 unspecified atom stereocenters. The predicted octanol–water partition coefficient (Wildman–Crippen LogP) is 3.57. The quantitative estimate of drug-likeness (QED) is 0.608. The topological polar surface area (TPSA) is 58.0 Å². The van der Waals surface area contributed by atoms with Gasteiger partial charge in [0.1, 0.15) is 17.3 Å². The maximum atomic E-state index is 13.1. The van der Waals surface area contributed by atoms with E-state index in [1.165, 1.54) is 12.1 Å². The minimum atomic E-state index is -0.260. The summed E-state index contributed by atoms with van der Waals surface area (Å²) >= 11 is 0. The minimum Gasteiger partial charge on any atom is -0.373 e. The van der Waals surface area contributed by atoms with Crippen molar-refractivity contribution in [1.29, 1.82) is 0 Å². The number of nitrogens with zero attached hydrogens (tertiary/aromatic N) is 3. The first-order valence-corrected chi connectivity index (χ1v) is 7.21. The molecule has 2 N–H and O–H groups in total. The van der Waals surface area contributed by atoms with Gasteiger partial charge in [0.15, 0.2) is 0 Å². The van der Waals surface area contributed by atoms with Crippen LogP contribution in [0, 0.1) is 5.82 Å². The van der Waals surface area contributed by atoms with E-state index in [9.17, 15) is 4.39 Å². The molecule has 0 amide bonds. The van der Waals surface area contributed by atoms with Gasteiger partial charge >= 0.3 is 0 Å². The Bertz CT molecular complexity index is 968. The van der Waals surface area contributed by atoms with Crippen molar-refractivity contribution in [3.05, 3.63) is 60.8 Å². The summed E-state index contributed by atoms with van der Waals surface area (Å²) in [5.41, 5.74) is 4.47. The van der Waals surface area contributed by atoms with Crippen LogP contribution in [0.4, 0.5) is 10.2 Å². The van der Waals surface area contributed by atoms with Crippen molar-refractivity contribution >= 4 is 11.5 Å². The summed E-state index contributed by atoms with van der Waals surface area (Å²) in [4.78, 5) is 4.34. The number of rotatable bonds is 3. The number of aromatic nitrogens is 4. The Morgan fingerprint density at radius 2 is 1.87 bits per heavy atom. The van der Waals surface area contributed by atoms with Gasteiger partial charge in [-0.3, -0.25) is 9.50 Å². The molecule has 0 atom stereocenters. The monoisotopic (exact) mass is 307 g/mol. The third kappa shape index (κ3) is 2.24. The smallest absolute Gasteiger partial charge is 0.138 e. The molecule has 0 radical (unpaired) electrons. The standard InChI is InChI=1S/C17H14FN5/c1-19-16-9-20-15-7-4-12(10-23(15)16)14-8-21-22-17(14)11-2-5-13(18)6-3-11/h2-10,19H,1H3,(H,21,22). The summed E-state index contributed by atoms with van der Waals surface area (Å²) in [6, 6.07) is 10.3. The van der Waals surface area contributed by atoms with E-state index in [2.05, 4.69) is 20.5 Å². The van der Waals surface area contributed by atoms with Crippen molar-refractivity contribution in [2.24, 2.45) is 0 Å². The minimum absolute atomic E-state index is 0.260. The zero-order valence-corrected chi connectivity index (χ0v) is 12.4. The molecule has 0 aliphatic heterocycles. The second kappa shape index (κ2) is 5.24. The van der Waals surface area contributed by atoms with E-state index in [0.717, 1.165) is 33.8 Å². The lowest BCUT2D eigenvalue weighted by molar-refractivity contribution is 0.628. The van der Waals surface area contributed by atoms with E-state index in [4.69, 9.17) is 0 Å². The second-order valence-corrected chi connectivity index (χ2v) is 5.19. The summed E-state index contributed by atoms with van der Waals surface area (Å²) < 4.78 is 15.1. The number of imidazole rings is 1. The number of anilines is 1. The Kier molecular flexibility index (Phi) is 3.08. The molecular formula is C17H14FN5. The first-order chi connectivity index (χ1) is 11.3. The number of halogens is 1. The summed E-state index contributed by atoms with van der Waals surface area (Å²) in [5, 5.41) is 10.3. The van der Waals surface area contributed by atoms with E-state index in [-0.39, 0.29) is 5.82 Å². The van der Waals surface area contributed by atoms with Gasteiger partial charge in [-0.25, -0.2) is 9.37 Å². The average Bonchev–Trinajstić information content (AvgIpc) is 3.21. The first kappa shape index (κ1) is 13.5. The van der Waals surface area contributed by atoms with Crippen molar-refractivity contribution in [1.82, 2.24) is 19.6 Å². The fourth-order valence-corrected chi connectivity index (χ4v) is 2.66. The third-order valence-electron chi connectivity index (χ3n) is 3.83. The number of nitrogens with one attached hydrogen (secondary N) is 2. The Morgan fingerprint density at radius 3 is 2.65 bits per heavy atom. The van der Waals surface area contributed by atoms with Crippen molar-refractivity contribution in [2.75, 3.05) is 12.4 Å². The van der Waals surface area contributed by atoms with Gasteiger partial charge in [0.25, 0.3) is 0 Å². The molecule has 0 fully saturated rings. The molecule has 0 aliphatic rings. The molecule has 23 heavy (non-hydrogen) atoms. The lowest BCUT2D eigenvalue weighted by atomic mass is 10.0. The molecule has 0 saturated heterocycles. The molecule has 6 heteroatoms. The van der Waals surface area contributed by atoms with Crippen LogP contribution < -0.4 is 5.32 Å². The Balaban J connectivity index is 1.85. The molecule has 5 nitrogen and oxygen atoms in total. The van der Waals surface area contributed by atoms with E-state index in [1.54, 1.807) is 18.3 Å².